The van der Waals surface area contributed by atoms with Gasteiger partial charge in [-0.05, 0) is 108 Å². The lowest BCUT2D eigenvalue weighted by Crippen LogP contribution is -2.44. The van der Waals surface area contributed by atoms with E-state index in [1.165, 1.54) is 22.6 Å². The number of hydrogen-bond donors (Lipinski definition) is 1. The Morgan fingerprint density at radius 1 is 1.05 bits per heavy atom. The summed E-state index contributed by atoms with van der Waals surface area (Å²) in [6.07, 6.45) is 1.55. The van der Waals surface area contributed by atoms with Crippen LogP contribution >= 0.6 is 0 Å². The number of esters is 1. The van der Waals surface area contributed by atoms with Crippen molar-refractivity contribution < 1.29 is 23.5 Å². The molecular weight excluding hydrogens is 537 g/mol. The van der Waals surface area contributed by atoms with Crippen molar-refractivity contribution in [3.63, 3.8) is 0 Å². The number of amides is 1. The molecule has 0 aliphatic carbocycles. The van der Waals surface area contributed by atoms with Crippen LogP contribution < -0.4 is 15.0 Å². The lowest BCUT2D eigenvalue weighted by molar-refractivity contribution is -0.139. The van der Waals surface area contributed by atoms with Crippen molar-refractivity contribution in [2.24, 2.45) is 0 Å². The molecule has 222 valence electrons. The van der Waals surface area contributed by atoms with Gasteiger partial charge in [0.15, 0.2) is 0 Å². The van der Waals surface area contributed by atoms with Crippen molar-refractivity contribution in [2.75, 3.05) is 23.3 Å². The number of benzene rings is 2. The summed E-state index contributed by atoms with van der Waals surface area (Å²) in [7, 11) is 0. The predicted octanol–water partition coefficient (Wildman–Crippen LogP) is 6.40. The highest BCUT2D eigenvalue weighted by Crippen LogP contribution is 2.37. The van der Waals surface area contributed by atoms with Gasteiger partial charge in [-0.15, -0.1) is 0 Å². The Morgan fingerprint density at radius 3 is 2.50 bits per heavy atom. The van der Waals surface area contributed by atoms with Crippen molar-refractivity contribution >= 4 is 29.5 Å². The molecule has 0 bridgehead atoms. The van der Waals surface area contributed by atoms with Gasteiger partial charge in [0.25, 0.3) is 0 Å². The monoisotopic (exact) mass is 575 g/mol. The van der Waals surface area contributed by atoms with Crippen LogP contribution in [-0.2, 0) is 16.0 Å². The van der Waals surface area contributed by atoms with E-state index < -0.39 is 23.7 Å². The third-order valence-electron chi connectivity index (χ3n) is 7.76. The highest BCUT2D eigenvalue weighted by atomic mass is 19.1. The molecular formula is C32H38FN5O4. The molecule has 9 nitrogen and oxygen atoms in total. The Bertz CT molecular complexity index is 1490. The number of aromatic nitrogens is 2. The van der Waals surface area contributed by atoms with Gasteiger partial charge in [0.1, 0.15) is 29.0 Å². The molecule has 10 heteroatoms. The topological polar surface area (TPSA) is 96.9 Å². The van der Waals surface area contributed by atoms with Crippen LogP contribution in [0.25, 0.3) is 0 Å². The van der Waals surface area contributed by atoms with E-state index in [9.17, 15) is 14.0 Å². The summed E-state index contributed by atoms with van der Waals surface area (Å²) >= 11 is 0. The zero-order valence-electron chi connectivity index (χ0n) is 25.0. The molecule has 1 fully saturated rings. The number of nitrogens with zero attached hydrogens (tertiary/aromatic N) is 4. The van der Waals surface area contributed by atoms with Crippen LogP contribution in [0.3, 0.4) is 0 Å². The number of anilines is 3. The highest BCUT2D eigenvalue weighted by molar-refractivity contribution is 5.83. The van der Waals surface area contributed by atoms with E-state index in [1.807, 2.05) is 32.0 Å². The molecule has 1 aromatic heterocycles. The van der Waals surface area contributed by atoms with Crippen LogP contribution in [0.1, 0.15) is 69.0 Å². The van der Waals surface area contributed by atoms with Crippen LogP contribution in [0.4, 0.5) is 26.6 Å². The predicted molar refractivity (Wildman–Crippen MR) is 159 cm³/mol. The normalized spacial score (nSPS) is 18.5. The van der Waals surface area contributed by atoms with Gasteiger partial charge in [-0.25, -0.2) is 19.0 Å². The smallest absolute Gasteiger partial charge is 0.411 e. The van der Waals surface area contributed by atoms with Gasteiger partial charge >= 0.3 is 12.1 Å². The van der Waals surface area contributed by atoms with Gasteiger partial charge in [-0.2, -0.15) is 4.98 Å². The fourth-order valence-electron chi connectivity index (χ4n) is 5.49. The first-order chi connectivity index (χ1) is 19.9. The van der Waals surface area contributed by atoms with Crippen molar-refractivity contribution in [2.45, 2.75) is 78.5 Å². The van der Waals surface area contributed by atoms with Crippen LogP contribution in [0.5, 0.6) is 5.75 Å². The van der Waals surface area contributed by atoms with E-state index in [0.717, 1.165) is 35.6 Å². The van der Waals surface area contributed by atoms with Gasteiger partial charge in [0.05, 0.1) is 6.04 Å². The lowest BCUT2D eigenvalue weighted by Gasteiger charge is -2.37. The Balaban J connectivity index is 1.34. The summed E-state index contributed by atoms with van der Waals surface area (Å²) in [5, 5.41) is 3.18. The first-order valence-corrected chi connectivity index (χ1v) is 14.4. The Labute approximate surface area is 246 Å². The molecule has 2 aromatic carbocycles. The quantitative estimate of drug-likeness (QED) is 0.276. The Kier molecular flexibility index (Phi) is 8.08. The van der Waals surface area contributed by atoms with Gasteiger partial charge in [-0.3, -0.25) is 4.90 Å². The van der Waals surface area contributed by atoms with Gasteiger partial charge in [-0.1, -0.05) is 6.07 Å². The minimum atomic E-state index is -0.677. The minimum absolute atomic E-state index is 0.0520. The van der Waals surface area contributed by atoms with Crippen LogP contribution in [0, 0.1) is 19.7 Å². The number of carbonyl (C=O) groups is 2. The molecule has 1 saturated heterocycles. The number of likely N-dealkylation sites (tertiary alicyclic amines) is 1. The number of rotatable bonds is 5. The van der Waals surface area contributed by atoms with E-state index in [4.69, 9.17) is 14.5 Å². The molecule has 1 unspecified atom stereocenters. The molecule has 3 aromatic rings. The highest BCUT2D eigenvalue weighted by Gasteiger charge is 2.38. The molecule has 3 heterocycles. The average Bonchev–Trinajstić information content (AvgIpc) is 3.42. The molecule has 2 aliphatic rings. The van der Waals surface area contributed by atoms with Gasteiger partial charge < -0.3 is 19.7 Å². The minimum Gasteiger partial charge on any atom is -0.444 e. The zero-order chi connectivity index (χ0) is 30.2. The Morgan fingerprint density at radius 2 is 1.79 bits per heavy atom. The molecule has 2 atom stereocenters. The maximum atomic E-state index is 13.4. The number of aryl methyl sites for hydroxylation is 1. The van der Waals surface area contributed by atoms with Crippen LogP contribution in [0.15, 0.2) is 42.5 Å². The molecule has 1 amide bonds. The maximum absolute atomic E-state index is 13.4. The number of carbonyl (C=O) groups excluding carboxylic acids is 2. The van der Waals surface area contributed by atoms with E-state index in [2.05, 4.69) is 22.1 Å². The summed E-state index contributed by atoms with van der Waals surface area (Å²) in [6, 6.07) is 11.1. The first kappa shape index (κ1) is 29.3. The van der Waals surface area contributed by atoms with Crippen molar-refractivity contribution in [1.29, 1.82) is 0 Å². The lowest BCUT2D eigenvalue weighted by atomic mass is 9.93. The fraction of sp³-hybridized carbons (Fsp3) is 0.438. The van der Waals surface area contributed by atoms with E-state index in [1.54, 1.807) is 32.9 Å². The number of hydrogen-bond acceptors (Lipinski definition) is 8. The van der Waals surface area contributed by atoms with Gasteiger partial charge in [0, 0.05) is 30.0 Å². The summed E-state index contributed by atoms with van der Waals surface area (Å²) < 4.78 is 24.7. The fourth-order valence-corrected chi connectivity index (χ4v) is 5.49. The third-order valence-corrected chi connectivity index (χ3v) is 7.76. The Hall–Kier alpha value is -4.21. The van der Waals surface area contributed by atoms with Crippen LogP contribution in [0.2, 0.25) is 0 Å². The summed E-state index contributed by atoms with van der Waals surface area (Å²) in [4.78, 5) is 39.0. The van der Waals surface area contributed by atoms with E-state index in [-0.39, 0.29) is 11.9 Å². The number of nitrogens with one attached hydrogen (secondary N) is 1. The summed E-state index contributed by atoms with van der Waals surface area (Å²) in [5.74, 6) is 0.921. The summed E-state index contributed by atoms with van der Waals surface area (Å²) in [5.41, 5.74) is 4.10. The molecule has 2 aliphatic heterocycles. The van der Waals surface area contributed by atoms with E-state index >= 15 is 0 Å². The number of fused-ring (bicyclic) bond motifs is 1. The maximum Gasteiger partial charge on any atom is 0.411 e. The molecule has 1 N–H and O–H groups in total. The average molecular weight is 576 g/mol. The largest absolute Gasteiger partial charge is 0.444 e. The second-order valence-electron chi connectivity index (χ2n) is 11.9. The second kappa shape index (κ2) is 11.6. The molecule has 5 rings (SSSR count). The SMILES string of the molecule is Cc1nc(Nc2ccc(F)cc2)nc(N2CCc3ccc(OC(=O)[C@H]4CCCN4C(=O)OC(C)(C)C)cc3C2C)c1C. The molecule has 0 spiro atoms. The van der Waals surface area contributed by atoms with E-state index in [0.29, 0.717) is 36.8 Å². The molecule has 0 saturated carbocycles. The van der Waals surface area contributed by atoms with Crippen molar-refractivity contribution in [1.82, 2.24) is 14.9 Å². The van der Waals surface area contributed by atoms with Crippen molar-refractivity contribution in [3.8, 4) is 5.75 Å². The number of ether oxygens (including phenoxy) is 2. The summed E-state index contributed by atoms with van der Waals surface area (Å²) in [6.45, 7) is 12.7. The zero-order valence-corrected chi connectivity index (χ0v) is 25.0. The van der Waals surface area contributed by atoms with Crippen LogP contribution in [-0.4, -0.2) is 51.7 Å². The van der Waals surface area contributed by atoms with Crippen molar-refractivity contribution in [3.05, 3.63) is 70.7 Å². The standard InChI is InChI=1S/C32H38FN5O4/c1-19-20(2)34-30(35-24-12-10-23(33)11-13-24)36-28(19)37-17-15-22-9-14-25(18-26(22)21(37)3)41-29(39)27-8-7-16-38(27)31(40)42-32(4,5)6/h9-14,18,21,27H,7-8,15-17H2,1-6H3,(H,34,35,36)/t21?,27-/m1/s1. The molecule has 0 radical (unpaired) electrons. The van der Waals surface area contributed by atoms with Gasteiger partial charge in [0.2, 0.25) is 5.95 Å². The third kappa shape index (κ3) is 6.32. The number of halogens is 1. The first-order valence-electron chi connectivity index (χ1n) is 14.4. The second-order valence-corrected chi connectivity index (χ2v) is 11.9. The molecule has 42 heavy (non-hydrogen) atoms.